The van der Waals surface area contributed by atoms with Gasteiger partial charge in [0, 0.05) is 28.4 Å². The quantitative estimate of drug-likeness (QED) is 0.585. The largest absolute Gasteiger partial charge is 0.370 e. The number of halogens is 1. The van der Waals surface area contributed by atoms with E-state index >= 15 is 0 Å². The lowest BCUT2D eigenvalue weighted by molar-refractivity contribution is -0.117. The molecular weight excluding hydrogens is 392 g/mol. The first kappa shape index (κ1) is 20.4. The van der Waals surface area contributed by atoms with Gasteiger partial charge in [0.1, 0.15) is 0 Å². The second-order valence-corrected chi connectivity index (χ2v) is 9.01. The molecule has 0 aliphatic rings. The molecule has 0 radical (unpaired) electrons. The van der Waals surface area contributed by atoms with Crippen LogP contribution < -0.4 is 5.73 Å². The molecule has 1 heterocycles. The van der Waals surface area contributed by atoms with E-state index in [4.69, 9.17) is 17.3 Å². The molecule has 0 atom stereocenters. The van der Waals surface area contributed by atoms with E-state index in [0.29, 0.717) is 15.9 Å². The van der Waals surface area contributed by atoms with Gasteiger partial charge in [0.15, 0.2) is 11.0 Å². The van der Waals surface area contributed by atoms with E-state index in [1.807, 2.05) is 28.8 Å². The molecule has 28 heavy (non-hydrogen) atoms. The minimum atomic E-state index is -0.331. The molecule has 1 aromatic heterocycles. The highest BCUT2D eigenvalue weighted by molar-refractivity contribution is 7.99. The average molecular weight is 415 g/mol. The van der Waals surface area contributed by atoms with E-state index in [-0.39, 0.29) is 17.7 Å². The molecule has 7 heteroatoms. The van der Waals surface area contributed by atoms with Crippen molar-refractivity contribution in [1.82, 2.24) is 14.8 Å². The maximum absolute atomic E-state index is 11.1. The molecule has 0 saturated heterocycles. The van der Waals surface area contributed by atoms with E-state index in [9.17, 15) is 4.79 Å². The first-order valence-corrected chi connectivity index (χ1v) is 10.4. The Kier molecular flexibility index (Phi) is 6.10. The zero-order valence-corrected chi connectivity index (χ0v) is 17.7. The number of carbonyl (C=O) groups excluding carboxylic acids is 1. The van der Waals surface area contributed by atoms with Crippen molar-refractivity contribution in [2.24, 2.45) is 5.73 Å². The predicted molar refractivity (Wildman–Crippen MR) is 115 cm³/mol. The standard InChI is InChI=1S/C21H23ClN4OS/c1-21(2,3)15-6-4-14(5-7-15)19-24-25-20(28-13-12-18(23)27)26(19)17-10-8-16(22)9-11-17/h4-11H,12-13H2,1-3H3,(H2,23,27). The Labute approximate surface area is 174 Å². The minimum Gasteiger partial charge on any atom is -0.370 e. The summed E-state index contributed by atoms with van der Waals surface area (Å²) in [5.41, 5.74) is 8.47. The van der Waals surface area contributed by atoms with Crippen LogP contribution in [-0.4, -0.2) is 26.4 Å². The van der Waals surface area contributed by atoms with Gasteiger partial charge in [-0.1, -0.05) is 68.4 Å². The van der Waals surface area contributed by atoms with Gasteiger partial charge >= 0.3 is 0 Å². The van der Waals surface area contributed by atoms with Crippen molar-refractivity contribution < 1.29 is 4.79 Å². The Bertz CT molecular complexity index is 960. The van der Waals surface area contributed by atoms with Gasteiger partial charge in [-0.25, -0.2) is 0 Å². The van der Waals surface area contributed by atoms with Crippen molar-refractivity contribution in [1.29, 1.82) is 0 Å². The van der Waals surface area contributed by atoms with Crippen LogP contribution >= 0.6 is 23.4 Å². The molecule has 2 aromatic carbocycles. The van der Waals surface area contributed by atoms with E-state index < -0.39 is 0 Å². The summed E-state index contributed by atoms with van der Waals surface area (Å²) in [4.78, 5) is 11.1. The third-order valence-electron chi connectivity index (χ3n) is 4.31. The van der Waals surface area contributed by atoms with Crippen LogP contribution in [0.25, 0.3) is 17.1 Å². The van der Waals surface area contributed by atoms with Crippen molar-refractivity contribution in [2.75, 3.05) is 5.75 Å². The number of thioether (sulfide) groups is 1. The van der Waals surface area contributed by atoms with Gasteiger partial charge in [-0.15, -0.1) is 10.2 Å². The van der Waals surface area contributed by atoms with Gasteiger partial charge in [-0.2, -0.15) is 0 Å². The number of hydrogen-bond donors (Lipinski definition) is 1. The van der Waals surface area contributed by atoms with Crippen molar-refractivity contribution in [3.63, 3.8) is 0 Å². The summed E-state index contributed by atoms with van der Waals surface area (Å²) in [6.07, 6.45) is 0.285. The molecule has 0 spiro atoms. The zero-order valence-electron chi connectivity index (χ0n) is 16.1. The molecule has 2 N–H and O–H groups in total. The number of benzene rings is 2. The maximum Gasteiger partial charge on any atom is 0.218 e. The molecule has 0 aliphatic heterocycles. The molecule has 0 saturated carbocycles. The fourth-order valence-corrected chi connectivity index (χ4v) is 3.77. The minimum absolute atomic E-state index is 0.0815. The lowest BCUT2D eigenvalue weighted by atomic mass is 9.87. The summed E-state index contributed by atoms with van der Waals surface area (Å²) in [5, 5.41) is 10.1. The van der Waals surface area contributed by atoms with Gasteiger partial charge in [0.2, 0.25) is 5.91 Å². The van der Waals surface area contributed by atoms with Crippen LogP contribution in [0.3, 0.4) is 0 Å². The topological polar surface area (TPSA) is 73.8 Å². The zero-order chi connectivity index (χ0) is 20.3. The molecular formula is C21H23ClN4OS. The van der Waals surface area contributed by atoms with E-state index in [1.165, 1.54) is 17.3 Å². The van der Waals surface area contributed by atoms with Gasteiger partial charge in [-0.05, 0) is 35.2 Å². The number of nitrogens with two attached hydrogens (primary N) is 1. The molecule has 0 bridgehead atoms. The van der Waals surface area contributed by atoms with Crippen LogP contribution in [0.1, 0.15) is 32.8 Å². The molecule has 1 amide bonds. The van der Waals surface area contributed by atoms with E-state index in [2.05, 4.69) is 55.2 Å². The van der Waals surface area contributed by atoms with Crippen LogP contribution in [0.5, 0.6) is 0 Å². The summed E-state index contributed by atoms with van der Waals surface area (Å²) < 4.78 is 1.98. The highest BCUT2D eigenvalue weighted by Gasteiger charge is 2.18. The molecule has 0 unspecified atom stereocenters. The molecule has 3 aromatic rings. The van der Waals surface area contributed by atoms with Gasteiger partial charge in [0.25, 0.3) is 0 Å². The fourth-order valence-electron chi connectivity index (χ4n) is 2.74. The normalized spacial score (nSPS) is 11.6. The lowest BCUT2D eigenvalue weighted by Crippen LogP contribution is -2.11. The summed E-state index contributed by atoms with van der Waals surface area (Å²) in [6, 6.07) is 15.9. The van der Waals surface area contributed by atoms with Gasteiger partial charge < -0.3 is 5.73 Å². The van der Waals surface area contributed by atoms with Crippen LogP contribution in [0.15, 0.2) is 53.7 Å². The number of hydrogen-bond acceptors (Lipinski definition) is 4. The van der Waals surface area contributed by atoms with Gasteiger partial charge in [0.05, 0.1) is 0 Å². The lowest BCUT2D eigenvalue weighted by Gasteiger charge is -2.19. The number of nitrogens with zero attached hydrogens (tertiary/aromatic N) is 3. The number of aromatic nitrogens is 3. The highest BCUT2D eigenvalue weighted by atomic mass is 35.5. The van der Waals surface area contributed by atoms with Crippen LogP contribution in [0, 0.1) is 0 Å². The summed E-state index contributed by atoms with van der Waals surface area (Å²) in [6.45, 7) is 6.56. The average Bonchev–Trinajstić information content (AvgIpc) is 3.05. The molecule has 146 valence electrons. The van der Waals surface area contributed by atoms with Crippen LogP contribution in [0.4, 0.5) is 0 Å². The van der Waals surface area contributed by atoms with Crippen molar-refractivity contribution in [2.45, 2.75) is 37.8 Å². The summed E-state index contributed by atoms with van der Waals surface area (Å²) >= 11 is 7.50. The smallest absolute Gasteiger partial charge is 0.218 e. The monoisotopic (exact) mass is 414 g/mol. The second kappa shape index (κ2) is 8.37. The first-order valence-electron chi connectivity index (χ1n) is 8.99. The van der Waals surface area contributed by atoms with Crippen molar-refractivity contribution in [3.05, 3.63) is 59.1 Å². The molecule has 0 aliphatic carbocycles. The Balaban J connectivity index is 2.01. The molecule has 0 fully saturated rings. The van der Waals surface area contributed by atoms with Crippen molar-refractivity contribution in [3.8, 4) is 17.1 Å². The third-order valence-corrected chi connectivity index (χ3v) is 5.49. The van der Waals surface area contributed by atoms with Crippen LogP contribution in [0.2, 0.25) is 5.02 Å². The number of primary amides is 1. The number of rotatable bonds is 6. The predicted octanol–water partition coefficient (Wildman–Crippen LogP) is 4.85. The number of carbonyl (C=O) groups is 1. The summed E-state index contributed by atoms with van der Waals surface area (Å²) in [7, 11) is 0. The maximum atomic E-state index is 11.1. The van der Waals surface area contributed by atoms with E-state index in [0.717, 1.165) is 17.1 Å². The van der Waals surface area contributed by atoms with Crippen LogP contribution in [-0.2, 0) is 10.2 Å². The Morgan fingerprint density at radius 2 is 1.71 bits per heavy atom. The highest BCUT2D eigenvalue weighted by Crippen LogP contribution is 2.30. The number of amides is 1. The first-order chi connectivity index (χ1) is 13.3. The molecule has 5 nitrogen and oxygen atoms in total. The third kappa shape index (κ3) is 4.75. The Morgan fingerprint density at radius 3 is 2.29 bits per heavy atom. The fraction of sp³-hybridized carbons (Fsp3) is 0.286. The summed E-state index contributed by atoms with van der Waals surface area (Å²) in [5.74, 6) is 0.955. The van der Waals surface area contributed by atoms with Gasteiger partial charge in [-0.3, -0.25) is 9.36 Å². The SMILES string of the molecule is CC(C)(C)c1ccc(-c2nnc(SCCC(N)=O)n2-c2ccc(Cl)cc2)cc1. The van der Waals surface area contributed by atoms with Crippen molar-refractivity contribution >= 4 is 29.3 Å². The Morgan fingerprint density at radius 1 is 1.07 bits per heavy atom. The Hall–Kier alpha value is -2.31. The van der Waals surface area contributed by atoms with E-state index in [1.54, 1.807) is 0 Å². The molecule has 3 rings (SSSR count). The second-order valence-electron chi connectivity index (χ2n) is 7.51.